The van der Waals surface area contributed by atoms with E-state index in [1.54, 1.807) is 6.92 Å². The van der Waals surface area contributed by atoms with Crippen LogP contribution in [-0.4, -0.2) is 28.4 Å². The first-order valence-electron chi connectivity index (χ1n) is 9.25. The zero-order valence-corrected chi connectivity index (χ0v) is 16.6. The maximum atomic E-state index is 12.9. The van der Waals surface area contributed by atoms with Gasteiger partial charge in [0.15, 0.2) is 5.69 Å². The topological polar surface area (TPSA) is 85.2 Å². The van der Waals surface area contributed by atoms with Crippen molar-refractivity contribution in [3.05, 3.63) is 64.1 Å². The average Bonchev–Trinajstić information content (AvgIpc) is 3.12. The molecule has 160 valence electrons. The third-order valence-electron chi connectivity index (χ3n) is 4.65. The number of carbonyl (C=O) groups excluding carboxylic acids is 2. The van der Waals surface area contributed by atoms with Crippen LogP contribution >= 0.6 is 0 Å². The molecule has 2 aromatic rings. The van der Waals surface area contributed by atoms with E-state index in [0.29, 0.717) is 5.56 Å². The minimum atomic E-state index is -4.60. The summed E-state index contributed by atoms with van der Waals surface area (Å²) in [6.07, 6.45) is -3.46. The molecule has 1 aromatic carbocycles. The number of rotatable bonds is 5. The largest absolute Gasteiger partial charge is 0.463 e. The number of esters is 1. The first kappa shape index (κ1) is 21.4. The molecule has 2 amide bonds. The Morgan fingerprint density at radius 3 is 2.63 bits per heavy atom. The van der Waals surface area contributed by atoms with E-state index in [2.05, 4.69) is 15.7 Å². The van der Waals surface area contributed by atoms with Crippen molar-refractivity contribution in [3.63, 3.8) is 0 Å². The predicted molar refractivity (Wildman–Crippen MR) is 101 cm³/mol. The van der Waals surface area contributed by atoms with Gasteiger partial charge < -0.3 is 15.4 Å². The molecule has 0 aliphatic carbocycles. The molecule has 0 saturated carbocycles. The first-order valence-corrected chi connectivity index (χ1v) is 9.25. The van der Waals surface area contributed by atoms with E-state index in [4.69, 9.17) is 4.74 Å². The Bertz CT molecular complexity index is 1010. The van der Waals surface area contributed by atoms with Gasteiger partial charge in [-0.1, -0.05) is 23.8 Å². The Morgan fingerprint density at radius 2 is 2.00 bits per heavy atom. The van der Waals surface area contributed by atoms with Gasteiger partial charge in [0, 0.05) is 6.20 Å². The zero-order chi connectivity index (χ0) is 22.1. The molecular weight excluding hydrogens is 401 g/mol. The smallest absolute Gasteiger partial charge is 0.435 e. The Hall–Kier alpha value is -3.30. The number of aromatic nitrogens is 2. The van der Waals surface area contributed by atoms with Crippen LogP contribution < -0.4 is 10.6 Å². The molecule has 10 heteroatoms. The van der Waals surface area contributed by atoms with Gasteiger partial charge >= 0.3 is 18.2 Å². The van der Waals surface area contributed by atoms with Crippen LogP contribution in [0.5, 0.6) is 0 Å². The van der Waals surface area contributed by atoms with E-state index >= 15 is 0 Å². The SMILES string of the molecule is CCOC(=O)C1=C(Cn2ccc(C(F)(F)F)n2)NC(=O)N[C@H]1c1cc(C)ccc1C. The number of ether oxygens (including phenoxy) is 1. The molecule has 0 bridgehead atoms. The lowest BCUT2D eigenvalue weighted by Gasteiger charge is -2.30. The number of halogens is 3. The summed E-state index contributed by atoms with van der Waals surface area (Å²) in [5, 5.41) is 8.74. The van der Waals surface area contributed by atoms with Crippen LogP contribution in [-0.2, 0) is 22.3 Å². The maximum Gasteiger partial charge on any atom is 0.435 e. The third kappa shape index (κ3) is 4.47. The third-order valence-corrected chi connectivity index (χ3v) is 4.65. The second-order valence-corrected chi connectivity index (χ2v) is 6.90. The summed E-state index contributed by atoms with van der Waals surface area (Å²) in [5.41, 5.74) is 1.64. The molecule has 1 aromatic heterocycles. The van der Waals surface area contributed by atoms with E-state index in [1.807, 2.05) is 32.0 Å². The minimum Gasteiger partial charge on any atom is -0.463 e. The van der Waals surface area contributed by atoms with Crippen LogP contribution in [0, 0.1) is 13.8 Å². The molecule has 7 nitrogen and oxygen atoms in total. The van der Waals surface area contributed by atoms with Crippen LogP contribution in [0.4, 0.5) is 18.0 Å². The van der Waals surface area contributed by atoms with E-state index in [1.165, 1.54) is 0 Å². The predicted octanol–water partition coefficient (Wildman–Crippen LogP) is 3.39. The van der Waals surface area contributed by atoms with Crippen LogP contribution in [0.25, 0.3) is 0 Å². The van der Waals surface area contributed by atoms with Crippen molar-refractivity contribution in [1.29, 1.82) is 0 Å². The molecule has 30 heavy (non-hydrogen) atoms. The van der Waals surface area contributed by atoms with Crippen molar-refractivity contribution in [2.75, 3.05) is 6.61 Å². The molecule has 1 atom stereocenters. The molecular formula is C20H21F3N4O3. The summed E-state index contributed by atoms with van der Waals surface area (Å²) in [7, 11) is 0. The highest BCUT2D eigenvalue weighted by atomic mass is 19.4. The van der Waals surface area contributed by atoms with Gasteiger partial charge in [-0.2, -0.15) is 18.3 Å². The monoisotopic (exact) mass is 422 g/mol. The summed E-state index contributed by atoms with van der Waals surface area (Å²) in [6, 6.07) is 5.05. The molecule has 0 radical (unpaired) electrons. The Labute approximate surface area is 170 Å². The van der Waals surface area contributed by atoms with Crippen molar-refractivity contribution < 1.29 is 27.5 Å². The van der Waals surface area contributed by atoms with Crippen LogP contribution in [0.1, 0.15) is 35.3 Å². The van der Waals surface area contributed by atoms with Crippen molar-refractivity contribution in [3.8, 4) is 0 Å². The van der Waals surface area contributed by atoms with Gasteiger partial charge in [-0.25, -0.2) is 9.59 Å². The van der Waals surface area contributed by atoms with Gasteiger partial charge in [-0.05, 0) is 38.0 Å². The van der Waals surface area contributed by atoms with Crippen molar-refractivity contribution in [1.82, 2.24) is 20.4 Å². The normalized spacial score (nSPS) is 16.9. The number of aryl methyl sites for hydroxylation is 2. The maximum absolute atomic E-state index is 12.9. The summed E-state index contributed by atoms with van der Waals surface area (Å²) < 4.78 is 44.8. The number of hydrogen-bond acceptors (Lipinski definition) is 4. The lowest BCUT2D eigenvalue weighted by Crippen LogP contribution is -2.47. The number of nitrogens with zero attached hydrogens (tertiary/aromatic N) is 2. The van der Waals surface area contributed by atoms with E-state index in [-0.39, 0.29) is 24.4 Å². The number of carbonyl (C=O) groups is 2. The molecule has 0 unspecified atom stereocenters. The van der Waals surface area contributed by atoms with Crippen molar-refractivity contribution in [2.24, 2.45) is 0 Å². The number of urea groups is 1. The Kier molecular flexibility index (Phi) is 5.86. The number of amides is 2. The summed E-state index contributed by atoms with van der Waals surface area (Å²) >= 11 is 0. The van der Waals surface area contributed by atoms with Gasteiger partial charge in [0.2, 0.25) is 0 Å². The molecule has 0 fully saturated rings. The van der Waals surface area contributed by atoms with Gasteiger partial charge in [0.05, 0.1) is 30.5 Å². The second kappa shape index (κ2) is 8.21. The van der Waals surface area contributed by atoms with Crippen molar-refractivity contribution >= 4 is 12.0 Å². The molecule has 0 saturated heterocycles. The Morgan fingerprint density at radius 1 is 1.27 bits per heavy atom. The average molecular weight is 422 g/mol. The fourth-order valence-corrected chi connectivity index (χ4v) is 3.26. The molecule has 0 spiro atoms. The molecule has 3 rings (SSSR count). The van der Waals surface area contributed by atoms with E-state index in [0.717, 1.165) is 28.1 Å². The summed E-state index contributed by atoms with van der Waals surface area (Å²) in [4.78, 5) is 25.1. The highest BCUT2D eigenvalue weighted by molar-refractivity contribution is 5.95. The number of allylic oxidation sites excluding steroid dienone is 1. The first-order chi connectivity index (χ1) is 14.1. The number of hydrogen-bond donors (Lipinski definition) is 2. The molecule has 1 aliphatic heterocycles. The number of benzene rings is 1. The fraction of sp³-hybridized carbons (Fsp3) is 0.350. The Balaban J connectivity index is 2.08. The van der Waals surface area contributed by atoms with Crippen molar-refractivity contribution in [2.45, 2.75) is 39.5 Å². The van der Waals surface area contributed by atoms with Gasteiger partial charge in [-0.3, -0.25) is 4.68 Å². The van der Waals surface area contributed by atoms with Gasteiger partial charge in [-0.15, -0.1) is 0 Å². The summed E-state index contributed by atoms with van der Waals surface area (Å²) in [6.45, 7) is 5.22. The minimum absolute atomic E-state index is 0.100. The van der Waals surface area contributed by atoms with Crippen LogP contribution in [0.15, 0.2) is 41.7 Å². The van der Waals surface area contributed by atoms with Crippen LogP contribution in [0.2, 0.25) is 0 Å². The fourth-order valence-electron chi connectivity index (χ4n) is 3.26. The standard InChI is InChI=1S/C20H21F3N4O3/c1-4-30-18(28)16-14(10-27-8-7-15(26-27)20(21,22)23)24-19(29)25-17(16)13-9-11(2)5-6-12(13)3/h5-9,17H,4,10H2,1-3H3,(H2,24,25,29)/t17-/m0/s1. The summed E-state index contributed by atoms with van der Waals surface area (Å²) in [5.74, 6) is -0.672. The molecule has 2 N–H and O–H groups in total. The quantitative estimate of drug-likeness (QED) is 0.724. The van der Waals surface area contributed by atoms with E-state index in [9.17, 15) is 22.8 Å². The van der Waals surface area contributed by atoms with Crippen LogP contribution in [0.3, 0.4) is 0 Å². The molecule has 2 heterocycles. The van der Waals surface area contributed by atoms with E-state index < -0.39 is 29.9 Å². The number of nitrogens with one attached hydrogen (secondary N) is 2. The highest BCUT2D eigenvalue weighted by Gasteiger charge is 2.36. The van der Waals surface area contributed by atoms with Gasteiger partial charge in [0.25, 0.3) is 0 Å². The highest BCUT2D eigenvalue weighted by Crippen LogP contribution is 2.31. The number of alkyl halides is 3. The lowest BCUT2D eigenvalue weighted by molar-refractivity contribution is -0.141. The lowest BCUT2D eigenvalue weighted by atomic mass is 9.91. The zero-order valence-electron chi connectivity index (χ0n) is 16.6. The second-order valence-electron chi connectivity index (χ2n) is 6.90. The molecule has 1 aliphatic rings. The van der Waals surface area contributed by atoms with Gasteiger partial charge in [0.1, 0.15) is 0 Å².